The van der Waals surface area contributed by atoms with Crippen molar-refractivity contribution in [3.05, 3.63) is 52.9 Å². The maximum absolute atomic E-state index is 12.7. The molecule has 2 aliphatic rings. The number of nitrogens with zero attached hydrogens (tertiary/aromatic N) is 3. The van der Waals surface area contributed by atoms with Crippen molar-refractivity contribution in [2.75, 3.05) is 36.0 Å². The number of hydrogen-bond donors (Lipinski definition) is 0. The van der Waals surface area contributed by atoms with Crippen LogP contribution in [0.2, 0.25) is 0 Å². The van der Waals surface area contributed by atoms with E-state index in [-0.39, 0.29) is 5.63 Å². The lowest BCUT2D eigenvalue weighted by Crippen LogP contribution is -2.29. The van der Waals surface area contributed by atoms with E-state index in [1.54, 1.807) is 0 Å². The van der Waals surface area contributed by atoms with E-state index < -0.39 is 0 Å². The Bertz CT molecular complexity index is 1050. The van der Waals surface area contributed by atoms with Crippen molar-refractivity contribution in [1.29, 1.82) is 0 Å². The second kappa shape index (κ2) is 7.30. The minimum absolute atomic E-state index is 0.325. The Hall–Kier alpha value is -2.82. The predicted octanol–water partition coefficient (Wildman–Crippen LogP) is 4.45. The Morgan fingerprint density at radius 2 is 1.57 bits per heavy atom. The number of benzene rings is 1. The van der Waals surface area contributed by atoms with Crippen LogP contribution in [0.1, 0.15) is 32.1 Å². The van der Waals surface area contributed by atoms with Gasteiger partial charge < -0.3 is 14.2 Å². The van der Waals surface area contributed by atoms with Gasteiger partial charge in [-0.05, 0) is 62.4 Å². The van der Waals surface area contributed by atoms with Crippen LogP contribution in [0.4, 0.5) is 11.5 Å². The number of piperidine rings is 1. The van der Waals surface area contributed by atoms with Gasteiger partial charge in [-0.3, -0.25) is 0 Å². The van der Waals surface area contributed by atoms with Gasteiger partial charge in [0.25, 0.3) is 0 Å². The maximum Gasteiger partial charge on any atom is 0.345 e. The van der Waals surface area contributed by atoms with Crippen molar-refractivity contribution in [2.45, 2.75) is 32.1 Å². The molecule has 3 aromatic rings. The second-order valence-electron chi connectivity index (χ2n) is 7.79. The first-order valence-electron chi connectivity index (χ1n) is 10.3. The predicted molar refractivity (Wildman–Crippen MR) is 113 cm³/mol. The number of pyridine rings is 1. The minimum Gasteiger partial charge on any atom is -0.422 e. The summed E-state index contributed by atoms with van der Waals surface area (Å²) in [5.74, 6) is 0.940. The first-order valence-corrected chi connectivity index (χ1v) is 10.3. The third kappa shape index (κ3) is 3.26. The highest BCUT2D eigenvalue weighted by atomic mass is 16.4. The van der Waals surface area contributed by atoms with Crippen LogP contribution in [0.15, 0.2) is 51.7 Å². The molecule has 0 unspecified atom stereocenters. The number of rotatable bonds is 3. The van der Waals surface area contributed by atoms with E-state index in [1.165, 1.54) is 32.1 Å². The first kappa shape index (κ1) is 17.3. The Kier molecular flexibility index (Phi) is 4.51. The quantitative estimate of drug-likeness (QED) is 0.633. The van der Waals surface area contributed by atoms with Crippen LogP contribution in [0, 0.1) is 0 Å². The van der Waals surface area contributed by atoms with Crippen LogP contribution in [0.25, 0.3) is 22.2 Å². The molecular weight excluding hydrogens is 350 g/mol. The van der Waals surface area contributed by atoms with Crippen molar-refractivity contribution in [3.63, 3.8) is 0 Å². The molecule has 0 amide bonds. The molecule has 2 fully saturated rings. The number of fused-ring (bicyclic) bond motifs is 1. The monoisotopic (exact) mass is 375 g/mol. The zero-order valence-electron chi connectivity index (χ0n) is 16.1. The topological polar surface area (TPSA) is 49.6 Å². The molecule has 0 N–H and O–H groups in total. The molecule has 5 heteroatoms. The van der Waals surface area contributed by atoms with E-state index in [1.807, 2.05) is 30.3 Å². The summed E-state index contributed by atoms with van der Waals surface area (Å²) >= 11 is 0. The molecule has 0 atom stereocenters. The fraction of sp³-hybridized carbons (Fsp3) is 0.391. The molecule has 1 aromatic carbocycles. The fourth-order valence-electron chi connectivity index (χ4n) is 4.32. The molecular formula is C23H25N3O2. The molecule has 28 heavy (non-hydrogen) atoms. The van der Waals surface area contributed by atoms with Crippen LogP contribution >= 0.6 is 0 Å². The number of aromatic nitrogens is 1. The lowest BCUT2D eigenvalue weighted by Gasteiger charge is -2.28. The van der Waals surface area contributed by atoms with Crippen molar-refractivity contribution in [2.24, 2.45) is 0 Å². The van der Waals surface area contributed by atoms with Gasteiger partial charge in [-0.2, -0.15) is 0 Å². The average Bonchev–Trinajstić information content (AvgIpc) is 3.29. The average molecular weight is 375 g/mol. The first-order chi connectivity index (χ1) is 13.8. The molecule has 2 aromatic heterocycles. The van der Waals surface area contributed by atoms with Gasteiger partial charge in [0.05, 0.1) is 11.3 Å². The standard InChI is InChI=1S/C23H25N3O2/c27-23-19(20-7-6-8-22(24-20)26-13-4-5-14-26)15-17-9-10-18(16-21(17)28-23)25-11-2-1-3-12-25/h6-10,15-16H,1-5,11-14H2. The lowest BCUT2D eigenvalue weighted by molar-refractivity contribution is 0.560. The van der Waals surface area contributed by atoms with Gasteiger partial charge in [0.1, 0.15) is 11.4 Å². The summed E-state index contributed by atoms with van der Waals surface area (Å²) in [4.78, 5) is 22.1. The highest BCUT2D eigenvalue weighted by Gasteiger charge is 2.17. The summed E-state index contributed by atoms with van der Waals surface area (Å²) in [7, 11) is 0. The Balaban J connectivity index is 1.51. The fourth-order valence-corrected chi connectivity index (χ4v) is 4.32. The highest BCUT2D eigenvalue weighted by Crippen LogP contribution is 2.27. The smallest absolute Gasteiger partial charge is 0.345 e. The minimum atomic E-state index is -0.325. The van der Waals surface area contributed by atoms with Crippen molar-refractivity contribution < 1.29 is 4.42 Å². The highest BCUT2D eigenvalue weighted by molar-refractivity contribution is 5.84. The zero-order valence-corrected chi connectivity index (χ0v) is 16.1. The van der Waals surface area contributed by atoms with Gasteiger partial charge in [-0.15, -0.1) is 0 Å². The number of anilines is 2. The van der Waals surface area contributed by atoms with Crippen LogP contribution in [0.3, 0.4) is 0 Å². The van der Waals surface area contributed by atoms with E-state index in [9.17, 15) is 4.79 Å². The molecule has 2 aliphatic heterocycles. The Morgan fingerprint density at radius 1 is 0.821 bits per heavy atom. The summed E-state index contributed by atoms with van der Waals surface area (Å²) in [6.45, 7) is 4.20. The zero-order chi connectivity index (χ0) is 18.9. The van der Waals surface area contributed by atoms with Gasteiger partial charge >= 0.3 is 5.63 Å². The van der Waals surface area contributed by atoms with E-state index in [2.05, 4.69) is 21.9 Å². The Morgan fingerprint density at radius 3 is 2.39 bits per heavy atom. The second-order valence-corrected chi connectivity index (χ2v) is 7.79. The van der Waals surface area contributed by atoms with Gasteiger partial charge in [0.2, 0.25) is 0 Å². The summed E-state index contributed by atoms with van der Waals surface area (Å²) in [6.07, 6.45) is 6.14. The molecule has 0 bridgehead atoms. The largest absolute Gasteiger partial charge is 0.422 e. The van der Waals surface area contributed by atoms with E-state index in [0.717, 1.165) is 43.1 Å². The maximum atomic E-state index is 12.7. The van der Waals surface area contributed by atoms with E-state index >= 15 is 0 Å². The van der Waals surface area contributed by atoms with Gasteiger partial charge in [-0.25, -0.2) is 9.78 Å². The number of hydrogen-bond acceptors (Lipinski definition) is 5. The molecule has 4 heterocycles. The van der Waals surface area contributed by atoms with Gasteiger partial charge in [0.15, 0.2) is 0 Å². The van der Waals surface area contributed by atoms with Crippen LogP contribution in [0.5, 0.6) is 0 Å². The summed E-state index contributed by atoms with van der Waals surface area (Å²) in [5, 5.41) is 0.934. The molecule has 0 radical (unpaired) electrons. The van der Waals surface area contributed by atoms with Crippen molar-refractivity contribution in [1.82, 2.24) is 4.98 Å². The van der Waals surface area contributed by atoms with Gasteiger partial charge in [-0.1, -0.05) is 6.07 Å². The van der Waals surface area contributed by atoms with E-state index in [4.69, 9.17) is 9.40 Å². The Labute approximate surface area is 164 Å². The molecule has 5 rings (SSSR count). The van der Waals surface area contributed by atoms with Crippen LogP contribution in [-0.4, -0.2) is 31.2 Å². The van der Waals surface area contributed by atoms with Crippen LogP contribution in [-0.2, 0) is 0 Å². The lowest BCUT2D eigenvalue weighted by atomic mass is 10.1. The van der Waals surface area contributed by atoms with Crippen LogP contribution < -0.4 is 15.4 Å². The third-order valence-corrected chi connectivity index (χ3v) is 5.88. The summed E-state index contributed by atoms with van der Waals surface area (Å²) in [6, 6.07) is 14.0. The normalized spacial score (nSPS) is 17.4. The van der Waals surface area contributed by atoms with Crippen molar-refractivity contribution >= 4 is 22.5 Å². The molecule has 0 aliphatic carbocycles. The third-order valence-electron chi connectivity index (χ3n) is 5.88. The van der Waals surface area contributed by atoms with E-state index in [0.29, 0.717) is 16.8 Å². The van der Waals surface area contributed by atoms with Crippen molar-refractivity contribution in [3.8, 4) is 11.3 Å². The molecule has 144 valence electrons. The SMILES string of the molecule is O=c1oc2cc(N3CCCCC3)ccc2cc1-c1cccc(N2CCCC2)n1. The van der Waals surface area contributed by atoms with Gasteiger partial charge in [0, 0.05) is 43.3 Å². The molecule has 2 saturated heterocycles. The summed E-state index contributed by atoms with van der Waals surface area (Å²) in [5.41, 5.74) is 2.67. The molecule has 0 spiro atoms. The molecule has 5 nitrogen and oxygen atoms in total. The summed E-state index contributed by atoms with van der Waals surface area (Å²) < 4.78 is 5.71. The molecule has 0 saturated carbocycles.